The van der Waals surface area contributed by atoms with Crippen LogP contribution in [0.15, 0.2) is 40.9 Å². The van der Waals surface area contributed by atoms with E-state index in [0.29, 0.717) is 61.4 Å². The van der Waals surface area contributed by atoms with E-state index in [-0.39, 0.29) is 23.5 Å². The molecule has 4 rings (SSSR count). The summed E-state index contributed by atoms with van der Waals surface area (Å²) in [5.41, 5.74) is 0.373. The second kappa shape index (κ2) is 9.63. The van der Waals surface area contributed by atoms with E-state index in [2.05, 4.69) is 15.1 Å². The van der Waals surface area contributed by atoms with Crippen molar-refractivity contribution in [3.05, 3.63) is 59.5 Å². The Morgan fingerprint density at radius 1 is 1.16 bits per heavy atom. The largest absolute Gasteiger partial charge is 0.493 e. The summed E-state index contributed by atoms with van der Waals surface area (Å²) >= 11 is 0. The van der Waals surface area contributed by atoms with Crippen LogP contribution < -0.4 is 14.2 Å². The van der Waals surface area contributed by atoms with Crippen LogP contribution in [0.1, 0.15) is 34.4 Å². The third kappa shape index (κ3) is 4.79. The number of pyridine rings is 1. The van der Waals surface area contributed by atoms with Crippen molar-refractivity contribution in [1.29, 1.82) is 0 Å². The lowest BCUT2D eigenvalue weighted by Crippen LogP contribution is -2.29. The first-order valence-corrected chi connectivity index (χ1v) is 10.2. The average Bonchev–Trinajstić information content (AvgIpc) is 3.49. The van der Waals surface area contributed by atoms with Gasteiger partial charge in [-0.25, -0.2) is 4.39 Å². The van der Waals surface area contributed by atoms with Crippen molar-refractivity contribution >= 4 is 5.91 Å². The lowest BCUT2D eigenvalue weighted by Gasteiger charge is -2.17. The summed E-state index contributed by atoms with van der Waals surface area (Å²) in [5.74, 6) is 1.65. The molecule has 1 saturated heterocycles. The standard InChI is InChI=1S/C22H23FN4O5/c1-29-19-8-7-17(21(25-19)30-2)22(28)27-11-9-14(13-27)20-24-18(26-32-20)10-12-31-16-5-3-15(23)4-6-16/h3-8,14H,9-13H2,1-2H3. The zero-order valence-electron chi connectivity index (χ0n) is 17.8. The van der Waals surface area contributed by atoms with Gasteiger partial charge in [-0.1, -0.05) is 5.16 Å². The number of amides is 1. The fourth-order valence-corrected chi connectivity index (χ4v) is 3.50. The maximum absolute atomic E-state index is 13.0. The lowest BCUT2D eigenvalue weighted by molar-refractivity contribution is 0.0785. The van der Waals surface area contributed by atoms with Crippen LogP contribution in [0.4, 0.5) is 4.39 Å². The van der Waals surface area contributed by atoms with Crippen LogP contribution in [0.3, 0.4) is 0 Å². The van der Waals surface area contributed by atoms with Gasteiger partial charge in [0.15, 0.2) is 5.82 Å². The van der Waals surface area contributed by atoms with Crippen LogP contribution >= 0.6 is 0 Å². The Kier molecular flexibility index (Phi) is 6.48. The number of carbonyl (C=O) groups is 1. The minimum Gasteiger partial charge on any atom is -0.493 e. The Morgan fingerprint density at radius 3 is 2.72 bits per heavy atom. The summed E-state index contributed by atoms with van der Waals surface area (Å²) in [6.45, 7) is 1.36. The molecule has 0 spiro atoms. The van der Waals surface area contributed by atoms with Gasteiger partial charge in [0.05, 0.1) is 26.7 Å². The van der Waals surface area contributed by atoms with E-state index in [1.807, 2.05) is 0 Å². The van der Waals surface area contributed by atoms with Gasteiger partial charge in [0.2, 0.25) is 17.7 Å². The quantitative estimate of drug-likeness (QED) is 0.525. The molecule has 0 radical (unpaired) electrons. The Morgan fingerprint density at radius 2 is 1.97 bits per heavy atom. The molecule has 9 nitrogen and oxygen atoms in total. The van der Waals surface area contributed by atoms with Gasteiger partial charge in [0.1, 0.15) is 17.1 Å². The van der Waals surface area contributed by atoms with Gasteiger partial charge in [0, 0.05) is 25.6 Å². The Hall–Kier alpha value is -3.69. The first-order chi connectivity index (χ1) is 15.6. The van der Waals surface area contributed by atoms with Gasteiger partial charge in [0.25, 0.3) is 5.91 Å². The first-order valence-electron chi connectivity index (χ1n) is 10.2. The molecule has 0 bridgehead atoms. The Bertz CT molecular complexity index is 1070. The van der Waals surface area contributed by atoms with Crippen LogP contribution in [-0.2, 0) is 6.42 Å². The molecule has 0 N–H and O–H groups in total. The number of likely N-dealkylation sites (tertiary alicyclic amines) is 1. The molecule has 32 heavy (non-hydrogen) atoms. The van der Waals surface area contributed by atoms with Crippen LogP contribution in [0, 0.1) is 5.82 Å². The number of carbonyl (C=O) groups excluding carboxylic acids is 1. The van der Waals surface area contributed by atoms with Crippen LogP contribution in [-0.4, -0.2) is 59.8 Å². The molecule has 2 aromatic heterocycles. The number of aromatic nitrogens is 3. The number of hydrogen-bond acceptors (Lipinski definition) is 8. The van der Waals surface area contributed by atoms with Gasteiger partial charge in [-0.15, -0.1) is 0 Å². The fourth-order valence-electron chi connectivity index (χ4n) is 3.50. The van der Waals surface area contributed by atoms with Crippen molar-refractivity contribution in [1.82, 2.24) is 20.0 Å². The van der Waals surface area contributed by atoms with Gasteiger partial charge in [-0.05, 0) is 36.8 Å². The molecular formula is C22H23FN4O5. The zero-order chi connectivity index (χ0) is 22.5. The predicted octanol–water partition coefficient (Wildman–Crippen LogP) is 2.87. The summed E-state index contributed by atoms with van der Waals surface area (Å²) in [6.07, 6.45) is 1.16. The second-order valence-corrected chi connectivity index (χ2v) is 7.25. The average molecular weight is 442 g/mol. The SMILES string of the molecule is COc1ccc(C(=O)N2CCC(c3nc(CCOc4ccc(F)cc4)no3)C2)c(OC)n1. The summed E-state index contributed by atoms with van der Waals surface area (Å²) in [7, 11) is 2.97. The highest BCUT2D eigenvalue weighted by molar-refractivity contribution is 5.96. The summed E-state index contributed by atoms with van der Waals surface area (Å²) < 4.78 is 34.3. The van der Waals surface area contributed by atoms with E-state index in [4.69, 9.17) is 18.7 Å². The van der Waals surface area contributed by atoms with E-state index in [9.17, 15) is 9.18 Å². The molecule has 3 aromatic rings. The van der Waals surface area contributed by atoms with Crippen LogP contribution in [0.25, 0.3) is 0 Å². The highest BCUT2D eigenvalue weighted by Crippen LogP contribution is 2.29. The number of benzene rings is 1. The van der Waals surface area contributed by atoms with Crippen LogP contribution in [0.5, 0.6) is 17.5 Å². The molecule has 3 heterocycles. The first kappa shape index (κ1) is 21.5. The third-order valence-corrected chi connectivity index (χ3v) is 5.18. The van der Waals surface area contributed by atoms with Crippen molar-refractivity contribution in [2.75, 3.05) is 33.9 Å². The van der Waals surface area contributed by atoms with Crippen molar-refractivity contribution in [2.24, 2.45) is 0 Å². The van der Waals surface area contributed by atoms with Crippen molar-refractivity contribution in [3.8, 4) is 17.5 Å². The molecule has 1 aliphatic rings. The fraction of sp³-hybridized carbons (Fsp3) is 0.364. The maximum atomic E-state index is 13.0. The highest BCUT2D eigenvalue weighted by Gasteiger charge is 2.33. The lowest BCUT2D eigenvalue weighted by atomic mass is 10.1. The summed E-state index contributed by atoms with van der Waals surface area (Å²) in [6, 6.07) is 9.08. The van der Waals surface area contributed by atoms with E-state index in [0.717, 1.165) is 0 Å². The molecule has 0 aliphatic carbocycles. The van der Waals surface area contributed by atoms with Gasteiger partial charge >= 0.3 is 0 Å². The summed E-state index contributed by atoms with van der Waals surface area (Å²) in [4.78, 5) is 23.3. The van der Waals surface area contributed by atoms with Gasteiger partial charge in [-0.2, -0.15) is 9.97 Å². The van der Waals surface area contributed by atoms with Crippen molar-refractivity contribution in [2.45, 2.75) is 18.8 Å². The summed E-state index contributed by atoms with van der Waals surface area (Å²) in [5, 5.41) is 4.01. The number of halogens is 1. The van der Waals surface area contributed by atoms with E-state index < -0.39 is 0 Å². The predicted molar refractivity (Wildman–Crippen MR) is 110 cm³/mol. The van der Waals surface area contributed by atoms with E-state index >= 15 is 0 Å². The van der Waals surface area contributed by atoms with E-state index in [1.54, 1.807) is 29.2 Å². The molecule has 168 valence electrons. The Balaban J connectivity index is 1.33. The van der Waals surface area contributed by atoms with Gasteiger partial charge < -0.3 is 23.6 Å². The topological polar surface area (TPSA) is 99.8 Å². The molecule has 1 aliphatic heterocycles. The monoisotopic (exact) mass is 442 g/mol. The molecular weight excluding hydrogens is 419 g/mol. The molecule has 10 heteroatoms. The van der Waals surface area contributed by atoms with Crippen molar-refractivity contribution in [3.63, 3.8) is 0 Å². The molecule has 1 fully saturated rings. The van der Waals surface area contributed by atoms with E-state index in [1.165, 1.54) is 26.4 Å². The maximum Gasteiger partial charge on any atom is 0.259 e. The van der Waals surface area contributed by atoms with Gasteiger partial charge in [-0.3, -0.25) is 4.79 Å². The minimum atomic E-state index is -0.314. The second-order valence-electron chi connectivity index (χ2n) is 7.25. The highest BCUT2D eigenvalue weighted by atomic mass is 19.1. The smallest absolute Gasteiger partial charge is 0.259 e. The minimum absolute atomic E-state index is 0.0459. The van der Waals surface area contributed by atoms with Crippen LogP contribution in [0.2, 0.25) is 0 Å². The number of ether oxygens (including phenoxy) is 3. The number of methoxy groups -OCH3 is 2. The molecule has 0 saturated carbocycles. The number of nitrogens with zero attached hydrogens (tertiary/aromatic N) is 4. The molecule has 1 unspecified atom stereocenters. The normalized spacial score (nSPS) is 15.6. The zero-order valence-corrected chi connectivity index (χ0v) is 17.8. The molecule has 1 atom stereocenters. The number of rotatable bonds is 8. The third-order valence-electron chi connectivity index (χ3n) is 5.18. The van der Waals surface area contributed by atoms with Crippen molar-refractivity contribution < 1.29 is 27.9 Å². The molecule has 1 aromatic carbocycles. The number of hydrogen-bond donors (Lipinski definition) is 0. The Labute approximate surface area is 184 Å². The molecule has 1 amide bonds.